The molecular formula is C25H27F6N3O2Si. The van der Waals surface area contributed by atoms with E-state index in [1.807, 2.05) is 33.9 Å². The van der Waals surface area contributed by atoms with E-state index in [0.29, 0.717) is 11.1 Å². The number of hydrogen-bond donors (Lipinski definition) is 0. The fourth-order valence-electron chi connectivity index (χ4n) is 3.50. The van der Waals surface area contributed by atoms with E-state index in [2.05, 4.69) is 5.10 Å². The Morgan fingerprint density at radius 1 is 0.730 bits per heavy atom. The van der Waals surface area contributed by atoms with Gasteiger partial charge in [-0.25, -0.2) is 9.48 Å². The topological polar surface area (TPSA) is 56.9 Å². The lowest BCUT2D eigenvalue weighted by atomic mass is 10.1. The van der Waals surface area contributed by atoms with Crippen LogP contribution in [0.1, 0.15) is 43.0 Å². The third-order valence-electron chi connectivity index (χ3n) is 6.82. The number of aromatic nitrogens is 3. The van der Waals surface area contributed by atoms with E-state index in [1.54, 1.807) is 0 Å². The van der Waals surface area contributed by atoms with Crippen LogP contribution in [0.15, 0.2) is 58.1 Å². The van der Waals surface area contributed by atoms with Gasteiger partial charge in [-0.05, 0) is 40.4 Å². The Labute approximate surface area is 210 Å². The molecule has 0 aliphatic rings. The monoisotopic (exact) mass is 543 g/mol. The summed E-state index contributed by atoms with van der Waals surface area (Å²) in [6.07, 6.45) is -9.05. The fraction of sp³-hybridized carbons (Fsp3) is 0.400. The highest BCUT2D eigenvalue weighted by Crippen LogP contribution is 2.34. The number of hydrogen-bond acceptors (Lipinski definition) is 3. The molecular weight excluding hydrogens is 516 g/mol. The summed E-state index contributed by atoms with van der Waals surface area (Å²) in [5.41, 5.74) is -2.47. The van der Waals surface area contributed by atoms with E-state index in [9.17, 15) is 35.9 Å². The molecule has 0 spiro atoms. The van der Waals surface area contributed by atoms with Crippen LogP contribution in [0.25, 0.3) is 0 Å². The van der Waals surface area contributed by atoms with E-state index < -0.39 is 42.8 Å². The zero-order valence-corrected chi connectivity index (χ0v) is 22.0. The van der Waals surface area contributed by atoms with Crippen LogP contribution in [0, 0.1) is 0 Å². The van der Waals surface area contributed by atoms with Gasteiger partial charge in [-0.3, -0.25) is 9.36 Å². The van der Waals surface area contributed by atoms with E-state index >= 15 is 0 Å². The normalized spacial score (nSPS) is 13.2. The maximum Gasteiger partial charge on any atom is 0.416 e. The van der Waals surface area contributed by atoms with Crippen molar-refractivity contribution in [1.82, 2.24) is 14.3 Å². The molecule has 0 bridgehead atoms. The summed E-state index contributed by atoms with van der Waals surface area (Å²) >= 11 is 0. The Morgan fingerprint density at radius 3 is 1.51 bits per heavy atom. The summed E-state index contributed by atoms with van der Waals surface area (Å²) in [4.78, 5) is 26.8. The minimum Gasteiger partial charge on any atom is -0.268 e. The minimum atomic E-state index is -4.53. The van der Waals surface area contributed by atoms with Crippen LogP contribution in [-0.4, -0.2) is 22.4 Å². The van der Waals surface area contributed by atoms with Gasteiger partial charge >= 0.3 is 18.0 Å². The number of halogens is 6. The molecule has 1 heterocycles. The van der Waals surface area contributed by atoms with Crippen molar-refractivity contribution in [3.05, 3.63) is 91.6 Å². The van der Waals surface area contributed by atoms with Gasteiger partial charge in [-0.2, -0.15) is 31.4 Å². The van der Waals surface area contributed by atoms with Gasteiger partial charge in [0.1, 0.15) is 13.4 Å². The highest BCUT2D eigenvalue weighted by molar-refractivity contribution is 6.91. The van der Waals surface area contributed by atoms with Crippen molar-refractivity contribution in [2.75, 3.05) is 0 Å². The molecule has 0 amide bonds. The zero-order valence-electron chi connectivity index (χ0n) is 21.0. The highest BCUT2D eigenvalue weighted by Gasteiger charge is 2.42. The lowest BCUT2D eigenvalue weighted by molar-refractivity contribution is -0.138. The summed E-state index contributed by atoms with van der Waals surface area (Å²) in [5, 5.41) is 4.23. The van der Waals surface area contributed by atoms with Crippen LogP contribution in [0.3, 0.4) is 0 Å². The van der Waals surface area contributed by atoms with Crippen LogP contribution in [0.5, 0.6) is 0 Å². The van der Waals surface area contributed by atoms with Crippen molar-refractivity contribution in [3.8, 4) is 0 Å². The van der Waals surface area contributed by atoms with Crippen molar-refractivity contribution in [1.29, 1.82) is 0 Å². The zero-order chi connectivity index (χ0) is 28.0. The molecule has 5 nitrogen and oxygen atoms in total. The van der Waals surface area contributed by atoms with Crippen LogP contribution < -0.4 is 16.6 Å². The maximum atomic E-state index is 13.5. The molecule has 0 saturated heterocycles. The second kappa shape index (κ2) is 9.62. The van der Waals surface area contributed by atoms with Crippen molar-refractivity contribution in [2.24, 2.45) is 0 Å². The maximum absolute atomic E-state index is 13.5. The van der Waals surface area contributed by atoms with Gasteiger partial charge in [0.05, 0.1) is 24.2 Å². The molecule has 0 unspecified atom stereocenters. The molecule has 3 aromatic rings. The molecule has 37 heavy (non-hydrogen) atoms. The Balaban J connectivity index is 2.13. The first-order chi connectivity index (χ1) is 16.8. The molecule has 0 radical (unpaired) electrons. The quantitative estimate of drug-likeness (QED) is 0.326. The van der Waals surface area contributed by atoms with E-state index in [4.69, 9.17) is 0 Å². The highest BCUT2D eigenvalue weighted by atomic mass is 28.3. The number of rotatable bonds is 5. The second-order valence-corrected chi connectivity index (χ2v) is 15.7. The SMILES string of the molecule is CC(C)(C)[Si](C)(C)c1nn(Cc2ccc(C(F)(F)F)cc2)c(=O)n(Cc2ccc(C(F)(F)F)cc2)c1=O. The smallest absolute Gasteiger partial charge is 0.268 e. The molecule has 3 rings (SSSR count). The van der Waals surface area contributed by atoms with Crippen molar-refractivity contribution >= 4 is 13.4 Å². The van der Waals surface area contributed by atoms with E-state index in [-0.39, 0.29) is 23.4 Å². The summed E-state index contributed by atoms with van der Waals surface area (Å²) in [6, 6.07) is 8.39. The summed E-state index contributed by atoms with van der Waals surface area (Å²) in [5.74, 6) is 0. The second-order valence-electron chi connectivity index (χ2n) is 10.4. The van der Waals surface area contributed by atoms with Crippen LogP contribution in [-0.2, 0) is 25.4 Å². The fourth-order valence-corrected chi connectivity index (χ4v) is 5.25. The van der Waals surface area contributed by atoms with Crippen molar-refractivity contribution < 1.29 is 26.3 Å². The number of benzene rings is 2. The average Bonchev–Trinajstić information content (AvgIpc) is 2.77. The molecule has 12 heteroatoms. The molecule has 2 aromatic carbocycles. The molecule has 0 aliphatic carbocycles. The molecule has 0 N–H and O–H groups in total. The molecule has 200 valence electrons. The Bertz CT molecular complexity index is 1380. The minimum absolute atomic E-state index is 0.189. The lowest BCUT2D eigenvalue weighted by Gasteiger charge is -2.35. The first-order valence-corrected chi connectivity index (χ1v) is 14.4. The Hall–Kier alpha value is -3.15. The van der Waals surface area contributed by atoms with Crippen molar-refractivity contribution in [2.45, 2.75) is 64.3 Å². The Kier molecular flexibility index (Phi) is 7.39. The molecule has 0 atom stereocenters. The first kappa shape index (κ1) is 28.4. The van der Waals surface area contributed by atoms with Gasteiger partial charge in [0, 0.05) is 0 Å². The molecule has 0 aliphatic heterocycles. The predicted molar refractivity (Wildman–Crippen MR) is 131 cm³/mol. The van der Waals surface area contributed by atoms with Gasteiger partial charge in [0.15, 0.2) is 0 Å². The summed E-state index contributed by atoms with van der Waals surface area (Å²) in [6.45, 7) is 9.22. The molecule has 1 aromatic heterocycles. The summed E-state index contributed by atoms with van der Waals surface area (Å²) < 4.78 is 79.6. The summed E-state index contributed by atoms with van der Waals surface area (Å²) in [7, 11) is -2.62. The van der Waals surface area contributed by atoms with Gasteiger partial charge in [-0.1, -0.05) is 58.1 Å². The number of nitrogens with zero attached hydrogens (tertiary/aromatic N) is 3. The van der Waals surface area contributed by atoms with E-state index in [0.717, 1.165) is 33.5 Å². The van der Waals surface area contributed by atoms with Gasteiger partial charge in [0.25, 0.3) is 5.56 Å². The van der Waals surface area contributed by atoms with Gasteiger partial charge in [-0.15, -0.1) is 0 Å². The predicted octanol–water partition coefficient (Wildman–Crippen LogP) is 5.25. The first-order valence-electron chi connectivity index (χ1n) is 11.4. The largest absolute Gasteiger partial charge is 0.416 e. The average molecular weight is 544 g/mol. The van der Waals surface area contributed by atoms with Crippen LogP contribution in [0.4, 0.5) is 26.3 Å². The standard InChI is InChI=1S/C25H27F6N3O2Si/c1-23(2,3)37(4,5)20-21(35)33(14-16-6-10-18(11-7-16)24(26,27)28)22(36)34(32-20)15-17-8-12-19(13-9-17)25(29,30)31/h6-13H,14-15H2,1-5H3. The lowest BCUT2D eigenvalue weighted by Crippen LogP contribution is -2.63. The van der Waals surface area contributed by atoms with Gasteiger partial charge in [0.2, 0.25) is 0 Å². The third-order valence-corrected chi connectivity index (χ3v) is 12.1. The van der Waals surface area contributed by atoms with Crippen LogP contribution in [0.2, 0.25) is 18.1 Å². The van der Waals surface area contributed by atoms with Crippen LogP contribution >= 0.6 is 0 Å². The molecule has 0 saturated carbocycles. The molecule has 0 fully saturated rings. The van der Waals surface area contributed by atoms with Gasteiger partial charge < -0.3 is 0 Å². The Morgan fingerprint density at radius 2 is 1.14 bits per heavy atom. The number of alkyl halides is 6. The third kappa shape index (κ3) is 6.05. The van der Waals surface area contributed by atoms with E-state index in [1.165, 1.54) is 24.3 Å². The van der Waals surface area contributed by atoms with Crippen molar-refractivity contribution in [3.63, 3.8) is 0 Å².